The van der Waals surface area contributed by atoms with Gasteiger partial charge < -0.3 is 14.4 Å². The predicted molar refractivity (Wildman–Crippen MR) is 97.2 cm³/mol. The van der Waals surface area contributed by atoms with Crippen molar-refractivity contribution in [2.24, 2.45) is 0 Å². The van der Waals surface area contributed by atoms with Crippen molar-refractivity contribution >= 4 is 34.2 Å². The number of morpholine rings is 1. The monoisotopic (exact) mass is 373 g/mol. The fraction of sp³-hybridized carbons (Fsp3) is 0.412. The molecule has 2 atom stereocenters. The first-order valence-electron chi connectivity index (χ1n) is 8.31. The van der Waals surface area contributed by atoms with Crippen LogP contribution in [0.2, 0.25) is 0 Å². The summed E-state index contributed by atoms with van der Waals surface area (Å²) in [6.07, 6.45) is 3.28. The van der Waals surface area contributed by atoms with E-state index < -0.39 is 0 Å². The first-order valence-corrected chi connectivity index (χ1v) is 9.26. The minimum Gasteiger partial charge on any atom is -0.468 e. The first kappa shape index (κ1) is 16.9. The van der Waals surface area contributed by atoms with E-state index in [1.54, 1.807) is 17.5 Å². The number of nitrogens with zero attached hydrogens (tertiary/aromatic N) is 5. The Labute approximate surface area is 154 Å². The lowest BCUT2D eigenvalue weighted by molar-refractivity contribution is -0.141. The number of ether oxygens (including phenoxy) is 2. The molecule has 0 aromatic carbocycles. The molecule has 0 bridgehead atoms. The Kier molecular flexibility index (Phi) is 4.56. The van der Waals surface area contributed by atoms with Crippen molar-refractivity contribution < 1.29 is 14.3 Å². The van der Waals surface area contributed by atoms with Gasteiger partial charge in [-0.05, 0) is 29.3 Å². The highest BCUT2D eigenvalue weighted by molar-refractivity contribution is 7.07. The first-order chi connectivity index (χ1) is 12.7. The zero-order valence-corrected chi connectivity index (χ0v) is 15.3. The van der Waals surface area contributed by atoms with Crippen LogP contribution in [0.3, 0.4) is 0 Å². The van der Waals surface area contributed by atoms with E-state index in [4.69, 9.17) is 9.47 Å². The van der Waals surface area contributed by atoms with E-state index in [0.717, 1.165) is 17.7 Å². The van der Waals surface area contributed by atoms with E-state index in [1.807, 2.05) is 0 Å². The average Bonchev–Trinajstić information content (AvgIpc) is 3.31. The van der Waals surface area contributed by atoms with E-state index in [-0.39, 0.29) is 24.7 Å². The van der Waals surface area contributed by atoms with Gasteiger partial charge in [0.05, 0.1) is 24.8 Å². The summed E-state index contributed by atoms with van der Waals surface area (Å²) in [7, 11) is 1.36. The van der Waals surface area contributed by atoms with Crippen LogP contribution in [0.5, 0.6) is 0 Å². The molecule has 0 N–H and O–H groups in total. The average molecular weight is 373 g/mol. The third kappa shape index (κ3) is 3.15. The smallest absolute Gasteiger partial charge is 0.327 e. The molecule has 0 radical (unpaired) electrons. The fourth-order valence-corrected chi connectivity index (χ4v) is 3.90. The van der Waals surface area contributed by atoms with Crippen molar-refractivity contribution in [3.63, 3.8) is 0 Å². The number of fused-ring (bicyclic) bond motifs is 1. The number of thiophene rings is 1. The molecule has 3 aromatic rings. The lowest BCUT2D eigenvalue weighted by Crippen LogP contribution is -2.43. The van der Waals surface area contributed by atoms with Gasteiger partial charge in [0.25, 0.3) is 0 Å². The molecule has 2 unspecified atom stereocenters. The van der Waals surface area contributed by atoms with E-state index in [9.17, 15) is 4.79 Å². The van der Waals surface area contributed by atoms with Crippen molar-refractivity contribution in [1.82, 2.24) is 19.7 Å². The zero-order valence-electron chi connectivity index (χ0n) is 14.5. The molecule has 26 heavy (non-hydrogen) atoms. The quantitative estimate of drug-likeness (QED) is 0.647. The summed E-state index contributed by atoms with van der Waals surface area (Å²) >= 11 is 1.66. The van der Waals surface area contributed by atoms with Crippen LogP contribution < -0.4 is 4.90 Å². The number of aromatic nitrogens is 4. The summed E-state index contributed by atoms with van der Waals surface area (Å²) in [6.45, 7) is 3.52. The van der Waals surface area contributed by atoms with Gasteiger partial charge >= 0.3 is 5.97 Å². The van der Waals surface area contributed by atoms with Crippen molar-refractivity contribution in [3.8, 4) is 0 Å². The maximum atomic E-state index is 11.6. The Morgan fingerprint density at radius 1 is 1.42 bits per heavy atom. The summed E-state index contributed by atoms with van der Waals surface area (Å²) in [5, 5.41) is 9.27. The van der Waals surface area contributed by atoms with Gasteiger partial charge in [0.1, 0.15) is 24.8 Å². The number of anilines is 1. The Bertz CT molecular complexity index is 910. The van der Waals surface area contributed by atoms with Crippen molar-refractivity contribution in [1.29, 1.82) is 0 Å². The standard InChI is InChI=1S/C17H19N5O3S/c1-11-6-21(7-14(25-11)12-3-4-26-9-12)16-13-5-20-22(8-15(23)24-2)17(13)19-10-18-16/h3-5,9-11,14H,6-8H2,1-2H3. The zero-order chi connectivity index (χ0) is 18.1. The summed E-state index contributed by atoms with van der Waals surface area (Å²) in [5.41, 5.74) is 1.80. The third-order valence-corrected chi connectivity index (χ3v) is 5.10. The van der Waals surface area contributed by atoms with Crippen LogP contribution in [0.4, 0.5) is 5.82 Å². The molecule has 0 saturated carbocycles. The number of esters is 1. The Morgan fingerprint density at radius 2 is 2.31 bits per heavy atom. The molecule has 1 saturated heterocycles. The van der Waals surface area contributed by atoms with Gasteiger partial charge in [0.2, 0.25) is 0 Å². The minimum absolute atomic E-state index is 0.000120. The van der Waals surface area contributed by atoms with Gasteiger partial charge in [-0.25, -0.2) is 14.6 Å². The Hall–Kier alpha value is -2.52. The normalized spacial score (nSPS) is 20.5. The lowest BCUT2D eigenvalue weighted by Gasteiger charge is -2.37. The van der Waals surface area contributed by atoms with Gasteiger partial charge in [-0.2, -0.15) is 16.4 Å². The van der Waals surface area contributed by atoms with E-state index in [1.165, 1.54) is 23.7 Å². The second-order valence-corrected chi connectivity index (χ2v) is 6.99. The molecule has 3 aromatic heterocycles. The van der Waals surface area contributed by atoms with Crippen LogP contribution in [-0.4, -0.2) is 52.0 Å². The summed E-state index contributed by atoms with van der Waals surface area (Å²) < 4.78 is 12.4. The van der Waals surface area contributed by atoms with Gasteiger partial charge in [0.15, 0.2) is 5.65 Å². The van der Waals surface area contributed by atoms with Crippen LogP contribution >= 0.6 is 11.3 Å². The minimum atomic E-state index is -0.368. The van der Waals surface area contributed by atoms with Crippen molar-refractivity contribution in [3.05, 3.63) is 34.9 Å². The van der Waals surface area contributed by atoms with Crippen LogP contribution in [0.25, 0.3) is 11.0 Å². The maximum Gasteiger partial charge on any atom is 0.327 e. The largest absolute Gasteiger partial charge is 0.468 e. The number of carbonyl (C=O) groups is 1. The summed E-state index contributed by atoms with van der Waals surface area (Å²) in [5.74, 6) is 0.439. The molecular weight excluding hydrogens is 354 g/mol. The van der Waals surface area contributed by atoms with Gasteiger partial charge in [-0.3, -0.25) is 4.79 Å². The third-order valence-electron chi connectivity index (χ3n) is 4.39. The van der Waals surface area contributed by atoms with Crippen LogP contribution in [0, 0.1) is 0 Å². The highest BCUT2D eigenvalue weighted by atomic mass is 32.1. The van der Waals surface area contributed by atoms with Crippen LogP contribution in [0.15, 0.2) is 29.4 Å². The molecule has 0 spiro atoms. The van der Waals surface area contributed by atoms with E-state index in [2.05, 4.69) is 43.7 Å². The highest BCUT2D eigenvalue weighted by Gasteiger charge is 2.29. The number of hydrogen-bond acceptors (Lipinski definition) is 8. The number of carbonyl (C=O) groups excluding carboxylic acids is 1. The van der Waals surface area contributed by atoms with Gasteiger partial charge in [-0.15, -0.1) is 0 Å². The fourth-order valence-electron chi connectivity index (χ4n) is 3.20. The molecule has 0 amide bonds. The van der Waals surface area contributed by atoms with E-state index in [0.29, 0.717) is 12.2 Å². The molecule has 8 nitrogen and oxygen atoms in total. The summed E-state index contributed by atoms with van der Waals surface area (Å²) in [4.78, 5) is 22.6. The van der Waals surface area contributed by atoms with Crippen LogP contribution in [0.1, 0.15) is 18.6 Å². The second kappa shape index (κ2) is 7.00. The van der Waals surface area contributed by atoms with Crippen molar-refractivity contribution in [2.45, 2.75) is 25.7 Å². The Morgan fingerprint density at radius 3 is 3.08 bits per heavy atom. The SMILES string of the molecule is COC(=O)Cn1ncc2c(N3CC(C)OC(c4ccsc4)C3)ncnc21. The molecule has 136 valence electrons. The highest BCUT2D eigenvalue weighted by Crippen LogP contribution is 2.31. The molecule has 9 heteroatoms. The van der Waals surface area contributed by atoms with Crippen LogP contribution in [-0.2, 0) is 20.8 Å². The van der Waals surface area contributed by atoms with Gasteiger partial charge in [0, 0.05) is 13.1 Å². The number of hydrogen-bond donors (Lipinski definition) is 0. The molecule has 0 aliphatic carbocycles. The van der Waals surface area contributed by atoms with Gasteiger partial charge in [-0.1, -0.05) is 0 Å². The second-order valence-electron chi connectivity index (χ2n) is 6.21. The number of rotatable bonds is 4. The van der Waals surface area contributed by atoms with Crippen molar-refractivity contribution in [2.75, 3.05) is 25.1 Å². The molecule has 4 rings (SSSR count). The Balaban J connectivity index is 1.66. The molecule has 1 aliphatic rings. The number of methoxy groups -OCH3 is 1. The maximum absolute atomic E-state index is 11.6. The van der Waals surface area contributed by atoms with E-state index >= 15 is 0 Å². The molecule has 4 heterocycles. The topological polar surface area (TPSA) is 82.4 Å². The molecular formula is C17H19N5O3S. The predicted octanol–water partition coefficient (Wildman–Crippen LogP) is 2.03. The lowest BCUT2D eigenvalue weighted by atomic mass is 10.1. The molecule has 1 aliphatic heterocycles. The summed E-state index contributed by atoms with van der Waals surface area (Å²) in [6, 6.07) is 2.09. The molecule has 1 fully saturated rings.